The number of anilines is 2. The predicted molar refractivity (Wildman–Crippen MR) is 85.2 cm³/mol. The van der Waals surface area contributed by atoms with Crippen LogP contribution in [0.3, 0.4) is 0 Å². The standard InChI is InChI=1S/C17H15BrN2/c1-12-6-7-14-4-2-3-5-17(14)20(12)16-9-13(11-19)8-15(18)10-16/h2-5,8-10,12H,6-7H2,1H3. The number of hydrogen-bond donors (Lipinski definition) is 0. The molecule has 1 unspecified atom stereocenters. The first-order valence-electron chi connectivity index (χ1n) is 6.77. The van der Waals surface area contributed by atoms with E-state index >= 15 is 0 Å². The highest BCUT2D eigenvalue weighted by Crippen LogP contribution is 2.37. The van der Waals surface area contributed by atoms with E-state index in [1.807, 2.05) is 12.1 Å². The summed E-state index contributed by atoms with van der Waals surface area (Å²) in [6, 6.07) is 17.1. The lowest BCUT2D eigenvalue weighted by atomic mass is 9.96. The molecule has 0 N–H and O–H groups in total. The largest absolute Gasteiger partial charge is 0.338 e. The Bertz CT molecular complexity index is 688. The zero-order valence-corrected chi connectivity index (χ0v) is 12.9. The van der Waals surface area contributed by atoms with Crippen LogP contribution in [-0.4, -0.2) is 6.04 Å². The Morgan fingerprint density at radius 1 is 1.25 bits per heavy atom. The van der Waals surface area contributed by atoms with E-state index in [1.165, 1.54) is 11.3 Å². The Kier molecular flexibility index (Phi) is 3.50. The van der Waals surface area contributed by atoms with Gasteiger partial charge in [-0.15, -0.1) is 0 Å². The molecule has 0 fully saturated rings. The number of hydrogen-bond acceptors (Lipinski definition) is 2. The van der Waals surface area contributed by atoms with Crippen LogP contribution in [0.1, 0.15) is 24.5 Å². The molecule has 1 heterocycles. The molecule has 0 aliphatic carbocycles. The van der Waals surface area contributed by atoms with Crippen LogP contribution in [0.5, 0.6) is 0 Å². The van der Waals surface area contributed by atoms with Gasteiger partial charge in [0.05, 0.1) is 11.6 Å². The highest BCUT2D eigenvalue weighted by molar-refractivity contribution is 9.10. The lowest BCUT2D eigenvalue weighted by Gasteiger charge is -2.37. The molecule has 1 atom stereocenters. The first kappa shape index (κ1) is 13.2. The molecule has 0 saturated heterocycles. The average Bonchev–Trinajstić information content (AvgIpc) is 2.46. The van der Waals surface area contributed by atoms with Gasteiger partial charge < -0.3 is 4.90 Å². The predicted octanol–water partition coefficient (Wildman–Crippen LogP) is 4.79. The summed E-state index contributed by atoms with van der Waals surface area (Å²) in [7, 11) is 0. The monoisotopic (exact) mass is 326 g/mol. The van der Waals surface area contributed by atoms with Crippen molar-refractivity contribution >= 4 is 27.3 Å². The Morgan fingerprint density at radius 3 is 2.85 bits per heavy atom. The van der Waals surface area contributed by atoms with Gasteiger partial charge in [0.15, 0.2) is 0 Å². The molecular formula is C17H15BrN2. The van der Waals surface area contributed by atoms with Crippen LogP contribution in [0.25, 0.3) is 0 Å². The van der Waals surface area contributed by atoms with Crippen molar-refractivity contribution in [2.24, 2.45) is 0 Å². The molecule has 2 aromatic rings. The molecule has 0 aromatic heterocycles. The van der Waals surface area contributed by atoms with Crippen molar-refractivity contribution in [3.63, 3.8) is 0 Å². The normalized spacial score (nSPS) is 17.4. The van der Waals surface area contributed by atoms with Crippen LogP contribution in [-0.2, 0) is 6.42 Å². The summed E-state index contributed by atoms with van der Waals surface area (Å²) in [4.78, 5) is 2.34. The molecule has 3 rings (SSSR count). The van der Waals surface area contributed by atoms with Crippen molar-refractivity contribution in [1.82, 2.24) is 0 Å². The fraction of sp³-hybridized carbons (Fsp3) is 0.235. The van der Waals surface area contributed by atoms with Gasteiger partial charge in [-0.25, -0.2) is 0 Å². The summed E-state index contributed by atoms with van der Waals surface area (Å²) in [6.07, 6.45) is 2.25. The fourth-order valence-corrected chi connectivity index (χ4v) is 3.34. The van der Waals surface area contributed by atoms with Crippen LogP contribution in [0.2, 0.25) is 0 Å². The smallest absolute Gasteiger partial charge is 0.0992 e. The molecule has 0 radical (unpaired) electrons. The SMILES string of the molecule is CC1CCc2ccccc2N1c1cc(Br)cc(C#N)c1. The first-order valence-corrected chi connectivity index (χ1v) is 7.56. The molecule has 3 heteroatoms. The van der Waals surface area contributed by atoms with Gasteiger partial charge in [0.1, 0.15) is 0 Å². The molecule has 100 valence electrons. The third-order valence-corrected chi connectivity index (χ3v) is 4.27. The number of halogens is 1. The Labute approximate surface area is 127 Å². The summed E-state index contributed by atoms with van der Waals surface area (Å²) < 4.78 is 0.946. The number of aryl methyl sites for hydroxylation is 1. The number of fused-ring (bicyclic) bond motifs is 1. The summed E-state index contributed by atoms with van der Waals surface area (Å²) in [5, 5.41) is 9.16. The maximum absolute atomic E-state index is 9.16. The maximum atomic E-state index is 9.16. The Balaban J connectivity index is 2.14. The van der Waals surface area contributed by atoms with Gasteiger partial charge in [-0.2, -0.15) is 5.26 Å². The third-order valence-electron chi connectivity index (χ3n) is 3.81. The average molecular weight is 327 g/mol. The minimum absolute atomic E-state index is 0.436. The number of benzene rings is 2. The lowest BCUT2D eigenvalue weighted by Crippen LogP contribution is -2.33. The van der Waals surface area contributed by atoms with Crippen LogP contribution in [0.15, 0.2) is 46.9 Å². The zero-order valence-electron chi connectivity index (χ0n) is 11.3. The van der Waals surface area contributed by atoms with Crippen molar-refractivity contribution in [2.45, 2.75) is 25.8 Å². The van der Waals surface area contributed by atoms with E-state index in [0.717, 1.165) is 23.0 Å². The summed E-state index contributed by atoms with van der Waals surface area (Å²) >= 11 is 3.50. The van der Waals surface area contributed by atoms with Crippen molar-refractivity contribution < 1.29 is 0 Å². The number of para-hydroxylation sites is 1. The molecule has 0 amide bonds. The van der Waals surface area contributed by atoms with Crippen molar-refractivity contribution in [2.75, 3.05) is 4.90 Å². The maximum Gasteiger partial charge on any atom is 0.0992 e. The number of nitriles is 1. The van der Waals surface area contributed by atoms with Gasteiger partial charge in [-0.1, -0.05) is 34.1 Å². The second-order valence-electron chi connectivity index (χ2n) is 5.20. The van der Waals surface area contributed by atoms with Crippen molar-refractivity contribution in [1.29, 1.82) is 5.26 Å². The van der Waals surface area contributed by atoms with E-state index in [4.69, 9.17) is 5.26 Å². The van der Waals surface area contributed by atoms with Gasteiger partial charge in [0.2, 0.25) is 0 Å². The van der Waals surface area contributed by atoms with Gasteiger partial charge in [0, 0.05) is 21.9 Å². The topological polar surface area (TPSA) is 27.0 Å². The molecule has 0 saturated carbocycles. The zero-order chi connectivity index (χ0) is 14.1. The van der Waals surface area contributed by atoms with Gasteiger partial charge in [-0.3, -0.25) is 0 Å². The lowest BCUT2D eigenvalue weighted by molar-refractivity contribution is 0.618. The summed E-state index contributed by atoms with van der Waals surface area (Å²) in [6.45, 7) is 2.24. The van der Waals surface area contributed by atoms with E-state index in [2.05, 4.69) is 64.2 Å². The summed E-state index contributed by atoms with van der Waals surface area (Å²) in [5.41, 5.74) is 4.40. The minimum Gasteiger partial charge on any atom is -0.338 e. The van der Waals surface area contributed by atoms with E-state index in [0.29, 0.717) is 11.6 Å². The highest BCUT2D eigenvalue weighted by atomic mass is 79.9. The molecular weight excluding hydrogens is 312 g/mol. The third kappa shape index (κ3) is 2.32. The van der Waals surface area contributed by atoms with Gasteiger partial charge in [0.25, 0.3) is 0 Å². The van der Waals surface area contributed by atoms with Crippen molar-refractivity contribution in [3.05, 3.63) is 58.1 Å². The second-order valence-corrected chi connectivity index (χ2v) is 6.11. The van der Waals surface area contributed by atoms with Crippen LogP contribution in [0.4, 0.5) is 11.4 Å². The van der Waals surface area contributed by atoms with Gasteiger partial charge in [-0.05, 0) is 49.6 Å². The van der Waals surface area contributed by atoms with Crippen LogP contribution in [0, 0.1) is 11.3 Å². The first-order chi connectivity index (χ1) is 9.69. The van der Waals surface area contributed by atoms with Crippen molar-refractivity contribution in [3.8, 4) is 6.07 Å². The molecule has 0 spiro atoms. The second kappa shape index (κ2) is 5.30. The van der Waals surface area contributed by atoms with E-state index in [-0.39, 0.29) is 0 Å². The van der Waals surface area contributed by atoms with E-state index < -0.39 is 0 Å². The van der Waals surface area contributed by atoms with E-state index in [1.54, 1.807) is 0 Å². The quantitative estimate of drug-likeness (QED) is 0.753. The molecule has 20 heavy (non-hydrogen) atoms. The minimum atomic E-state index is 0.436. The molecule has 0 bridgehead atoms. The molecule has 1 aliphatic rings. The van der Waals surface area contributed by atoms with Crippen LogP contribution >= 0.6 is 15.9 Å². The molecule has 1 aliphatic heterocycles. The van der Waals surface area contributed by atoms with Gasteiger partial charge >= 0.3 is 0 Å². The molecule has 2 aromatic carbocycles. The number of nitrogens with zero attached hydrogens (tertiary/aromatic N) is 2. The highest BCUT2D eigenvalue weighted by Gasteiger charge is 2.24. The Hall–Kier alpha value is -1.79. The Morgan fingerprint density at radius 2 is 2.05 bits per heavy atom. The number of rotatable bonds is 1. The molecule has 2 nitrogen and oxygen atoms in total. The van der Waals surface area contributed by atoms with Crippen LogP contribution < -0.4 is 4.90 Å². The van der Waals surface area contributed by atoms with E-state index in [9.17, 15) is 0 Å². The fourth-order valence-electron chi connectivity index (χ4n) is 2.86. The summed E-state index contributed by atoms with van der Waals surface area (Å²) in [5.74, 6) is 0.